The molecule has 2 aromatic rings. The van der Waals surface area contributed by atoms with Gasteiger partial charge in [0.25, 0.3) is 0 Å². The summed E-state index contributed by atoms with van der Waals surface area (Å²) < 4.78 is 44.7. The number of ether oxygens (including phenoxy) is 1. The van der Waals surface area contributed by atoms with Crippen molar-refractivity contribution < 1.29 is 17.9 Å². The summed E-state index contributed by atoms with van der Waals surface area (Å²) in [5, 5.41) is 4.13. The number of benzene rings is 1. The van der Waals surface area contributed by atoms with Crippen LogP contribution in [0.25, 0.3) is 5.69 Å². The molecule has 0 aliphatic carbocycles. The van der Waals surface area contributed by atoms with Crippen molar-refractivity contribution in [1.82, 2.24) is 9.78 Å². The van der Waals surface area contributed by atoms with Gasteiger partial charge in [0, 0.05) is 5.02 Å². The fraction of sp³-hybridized carbons (Fsp3) is 0.154. The number of nitrogens with zero attached hydrogens (tertiary/aromatic N) is 2. The summed E-state index contributed by atoms with van der Waals surface area (Å²) in [5.74, 6) is 1.56. The second-order valence-corrected chi connectivity index (χ2v) is 4.71. The SMILES string of the molecule is C#CCOc1c(C(F)(F)F)cnn1-c1cc(Cl)ccc1Cl. The Morgan fingerprint density at radius 3 is 2.67 bits per heavy atom. The van der Waals surface area contributed by atoms with Crippen LogP contribution < -0.4 is 4.74 Å². The first-order chi connectivity index (χ1) is 9.84. The van der Waals surface area contributed by atoms with Crippen LogP contribution in [0.3, 0.4) is 0 Å². The molecule has 0 unspecified atom stereocenters. The third-order valence-corrected chi connectivity index (χ3v) is 3.01. The molecule has 3 nitrogen and oxygen atoms in total. The molecule has 0 atom stereocenters. The second kappa shape index (κ2) is 5.88. The van der Waals surface area contributed by atoms with Crippen molar-refractivity contribution in [2.24, 2.45) is 0 Å². The number of hydrogen-bond acceptors (Lipinski definition) is 2. The maximum atomic E-state index is 12.9. The van der Waals surface area contributed by atoms with E-state index in [9.17, 15) is 13.2 Å². The van der Waals surface area contributed by atoms with E-state index in [1.54, 1.807) is 0 Å². The van der Waals surface area contributed by atoms with Crippen LogP contribution in [0.15, 0.2) is 24.4 Å². The van der Waals surface area contributed by atoms with Crippen molar-refractivity contribution in [2.75, 3.05) is 6.61 Å². The van der Waals surface area contributed by atoms with Gasteiger partial charge >= 0.3 is 6.18 Å². The monoisotopic (exact) mass is 334 g/mol. The van der Waals surface area contributed by atoms with Gasteiger partial charge in [-0.3, -0.25) is 0 Å². The molecular weight excluding hydrogens is 328 g/mol. The van der Waals surface area contributed by atoms with Crippen LogP contribution in [0.4, 0.5) is 13.2 Å². The van der Waals surface area contributed by atoms with E-state index in [2.05, 4.69) is 11.0 Å². The number of rotatable bonds is 3. The molecule has 0 bridgehead atoms. The van der Waals surface area contributed by atoms with Crippen LogP contribution in [0.2, 0.25) is 10.0 Å². The number of alkyl halides is 3. The lowest BCUT2D eigenvalue weighted by Crippen LogP contribution is -2.10. The molecule has 21 heavy (non-hydrogen) atoms. The highest BCUT2D eigenvalue weighted by Gasteiger charge is 2.38. The standard InChI is InChI=1S/C13H7Cl2F3N2O/c1-2-5-21-12-9(13(16,17)18)7-19-20(12)11-6-8(14)3-4-10(11)15/h1,3-4,6-7H,5H2. The van der Waals surface area contributed by atoms with Gasteiger partial charge in [-0.25, -0.2) is 0 Å². The molecule has 2 rings (SSSR count). The zero-order chi connectivity index (χ0) is 15.6. The van der Waals surface area contributed by atoms with Crippen LogP contribution in [0.5, 0.6) is 5.88 Å². The Balaban J connectivity index is 2.61. The van der Waals surface area contributed by atoms with Crippen molar-refractivity contribution in [3.8, 4) is 23.9 Å². The number of halogens is 5. The van der Waals surface area contributed by atoms with E-state index in [1.807, 2.05) is 0 Å². The van der Waals surface area contributed by atoms with Gasteiger partial charge in [-0.15, -0.1) is 6.42 Å². The Morgan fingerprint density at radius 1 is 1.33 bits per heavy atom. The molecule has 1 aromatic heterocycles. The van der Waals surface area contributed by atoms with Crippen LogP contribution in [0.1, 0.15) is 5.56 Å². The number of hydrogen-bond donors (Lipinski definition) is 0. The molecule has 0 amide bonds. The minimum Gasteiger partial charge on any atom is -0.464 e. The fourth-order valence-corrected chi connectivity index (χ4v) is 1.96. The minimum atomic E-state index is -4.63. The quantitative estimate of drug-likeness (QED) is 0.786. The lowest BCUT2D eigenvalue weighted by Gasteiger charge is -2.12. The predicted octanol–water partition coefficient (Wildman–Crippen LogP) is 4.21. The molecule has 110 valence electrons. The summed E-state index contributed by atoms with van der Waals surface area (Å²) >= 11 is 11.8. The summed E-state index contributed by atoms with van der Waals surface area (Å²) in [6.07, 6.45) is 1.02. The first-order valence-corrected chi connectivity index (χ1v) is 6.27. The van der Waals surface area contributed by atoms with Gasteiger partial charge in [-0.2, -0.15) is 23.0 Å². The molecular formula is C13H7Cl2F3N2O. The van der Waals surface area contributed by atoms with Gasteiger partial charge in [0.1, 0.15) is 5.56 Å². The zero-order valence-electron chi connectivity index (χ0n) is 10.3. The van der Waals surface area contributed by atoms with Crippen LogP contribution in [-0.2, 0) is 6.18 Å². The average Bonchev–Trinajstić information content (AvgIpc) is 2.82. The van der Waals surface area contributed by atoms with Crippen LogP contribution >= 0.6 is 23.2 Å². The van der Waals surface area contributed by atoms with E-state index in [0.717, 1.165) is 4.68 Å². The Kier molecular flexibility index (Phi) is 4.35. The zero-order valence-corrected chi connectivity index (χ0v) is 11.8. The van der Waals surface area contributed by atoms with E-state index in [1.165, 1.54) is 18.2 Å². The van der Waals surface area contributed by atoms with Crippen LogP contribution in [0, 0.1) is 12.3 Å². The van der Waals surface area contributed by atoms with Gasteiger partial charge < -0.3 is 4.74 Å². The first kappa shape index (κ1) is 15.5. The molecule has 1 heterocycles. The molecule has 1 aromatic carbocycles. The average molecular weight is 335 g/mol. The van der Waals surface area contributed by atoms with Crippen molar-refractivity contribution in [2.45, 2.75) is 6.18 Å². The van der Waals surface area contributed by atoms with Gasteiger partial charge in [0.15, 0.2) is 6.61 Å². The normalized spacial score (nSPS) is 11.2. The van der Waals surface area contributed by atoms with Gasteiger partial charge in [0.2, 0.25) is 5.88 Å². The van der Waals surface area contributed by atoms with E-state index in [4.69, 9.17) is 34.4 Å². The van der Waals surface area contributed by atoms with Crippen molar-refractivity contribution in [3.63, 3.8) is 0 Å². The van der Waals surface area contributed by atoms with Gasteiger partial charge in [-0.1, -0.05) is 29.1 Å². The summed E-state index contributed by atoms with van der Waals surface area (Å²) in [5.41, 5.74) is -0.888. The van der Waals surface area contributed by atoms with E-state index >= 15 is 0 Å². The Morgan fingerprint density at radius 2 is 2.05 bits per heavy atom. The van der Waals surface area contributed by atoms with E-state index in [-0.39, 0.29) is 17.3 Å². The Hall–Kier alpha value is -1.84. The molecule has 8 heteroatoms. The smallest absolute Gasteiger partial charge is 0.423 e. The molecule has 0 N–H and O–H groups in total. The largest absolute Gasteiger partial charge is 0.464 e. The molecule has 0 radical (unpaired) electrons. The Labute approximate surface area is 128 Å². The topological polar surface area (TPSA) is 27.1 Å². The molecule has 0 aliphatic heterocycles. The van der Waals surface area contributed by atoms with E-state index in [0.29, 0.717) is 11.2 Å². The summed E-state index contributed by atoms with van der Waals surface area (Å²) in [7, 11) is 0. The lowest BCUT2D eigenvalue weighted by molar-refractivity contribution is -0.138. The summed E-state index contributed by atoms with van der Waals surface area (Å²) in [6.45, 7) is -0.340. The lowest BCUT2D eigenvalue weighted by atomic mass is 10.3. The minimum absolute atomic E-state index is 0.159. The highest BCUT2D eigenvalue weighted by Crippen LogP contribution is 2.38. The maximum Gasteiger partial charge on any atom is 0.423 e. The summed E-state index contributed by atoms with van der Waals surface area (Å²) in [4.78, 5) is 0. The first-order valence-electron chi connectivity index (χ1n) is 5.51. The second-order valence-electron chi connectivity index (χ2n) is 3.86. The molecule has 0 spiro atoms. The maximum absolute atomic E-state index is 12.9. The van der Waals surface area contributed by atoms with Crippen molar-refractivity contribution in [3.05, 3.63) is 40.0 Å². The number of terminal acetylenes is 1. The molecule has 0 aliphatic rings. The third-order valence-electron chi connectivity index (χ3n) is 2.46. The molecule has 0 saturated heterocycles. The molecule has 0 saturated carbocycles. The van der Waals surface area contributed by atoms with E-state index < -0.39 is 17.6 Å². The number of aromatic nitrogens is 2. The Bertz CT molecular complexity index is 704. The van der Waals surface area contributed by atoms with Crippen molar-refractivity contribution >= 4 is 23.2 Å². The fourth-order valence-electron chi connectivity index (χ4n) is 1.60. The van der Waals surface area contributed by atoms with Gasteiger partial charge in [-0.05, 0) is 18.2 Å². The third kappa shape index (κ3) is 3.26. The molecule has 0 fully saturated rings. The predicted molar refractivity (Wildman–Crippen MR) is 72.9 cm³/mol. The highest BCUT2D eigenvalue weighted by atomic mass is 35.5. The van der Waals surface area contributed by atoms with Crippen molar-refractivity contribution in [1.29, 1.82) is 0 Å². The van der Waals surface area contributed by atoms with Crippen LogP contribution in [-0.4, -0.2) is 16.4 Å². The highest BCUT2D eigenvalue weighted by molar-refractivity contribution is 6.34. The summed E-state index contributed by atoms with van der Waals surface area (Å²) in [6, 6.07) is 4.32. The van der Waals surface area contributed by atoms with Gasteiger partial charge in [0.05, 0.1) is 16.9 Å².